The molecule has 0 saturated carbocycles. The molecule has 2 rings (SSSR count). The van der Waals surface area contributed by atoms with Crippen LogP contribution in [0, 0.1) is 0 Å². The van der Waals surface area contributed by atoms with Gasteiger partial charge in [0.05, 0.1) is 13.7 Å². The summed E-state index contributed by atoms with van der Waals surface area (Å²) < 4.78 is 43.2. The summed E-state index contributed by atoms with van der Waals surface area (Å²) >= 11 is 0. The molecule has 1 aliphatic rings. The molecule has 118 valence electrons. The largest absolute Gasteiger partial charge is 0.495 e. The Kier molecular flexibility index (Phi) is 4.72. The van der Waals surface area contributed by atoms with E-state index in [9.17, 15) is 8.42 Å². The minimum Gasteiger partial charge on any atom is -0.495 e. The lowest BCUT2D eigenvalue weighted by Crippen LogP contribution is -2.45. The van der Waals surface area contributed by atoms with Gasteiger partial charge in [0.15, 0.2) is 0 Å². The average molecular weight is 316 g/mol. The van der Waals surface area contributed by atoms with E-state index in [0.717, 1.165) is 0 Å². The minimum absolute atomic E-state index is 0.00942. The number of nitrogens with one attached hydrogen (secondary N) is 1. The molecular weight excluding hydrogens is 296 g/mol. The van der Waals surface area contributed by atoms with Crippen molar-refractivity contribution in [1.29, 1.82) is 0 Å². The molecule has 0 bridgehead atoms. The van der Waals surface area contributed by atoms with Gasteiger partial charge in [-0.25, -0.2) is 13.1 Å². The standard InChI is InChI=1S/C13H20N2O5S/c1-18-11-4-3-10(14)7-12(11)21(16,17)15-8-13(19-2)5-6-20-9-13/h3-4,7,15H,5-6,8-9,14H2,1-2H3. The number of nitrogen functional groups attached to an aromatic ring is 1. The lowest BCUT2D eigenvalue weighted by molar-refractivity contribution is -0.0120. The van der Waals surface area contributed by atoms with Crippen molar-refractivity contribution in [2.24, 2.45) is 0 Å². The molecular formula is C13H20N2O5S. The van der Waals surface area contributed by atoms with E-state index in [1.54, 1.807) is 13.2 Å². The first-order valence-electron chi connectivity index (χ1n) is 6.48. The fourth-order valence-corrected chi connectivity index (χ4v) is 3.48. The summed E-state index contributed by atoms with van der Waals surface area (Å²) in [6.45, 7) is 1.04. The van der Waals surface area contributed by atoms with Crippen molar-refractivity contribution in [3.63, 3.8) is 0 Å². The third kappa shape index (κ3) is 3.46. The topological polar surface area (TPSA) is 99.9 Å². The van der Waals surface area contributed by atoms with Gasteiger partial charge in [0.25, 0.3) is 0 Å². The van der Waals surface area contributed by atoms with Crippen LogP contribution < -0.4 is 15.2 Å². The van der Waals surface area contributed by atoms with Crippen molar-refractivity contribution in [3.8, 4) is 5.75 Å². The first-order valence-corrected chi connectivity index (χ1v) is 7.97. The SMILES string of the molecule is COc1ccc(N)cc1S(=O)(=O)NCC1(OC)CCOC1. The molecule has 1 fully saturated rings. The zero-order valence-electron chi connectivity index (χ0n) is 12.1. The van der Waals surface area contributed by atoms with E-state index in [1.165, 1.54) is 19.2 Å². The maximum absolute atomic E-state index is 12.4. The molecule has 1 aliphatic heterocycles. The van der Waals surface area contributed by atoms with Crippen molar-refractivity contribution in [1.82, 2.24) is 4.72 Å². The Morgan fingerprint density at radius 2 is 2.19 bits per heavy atom. The number of hydrogen-bond donors (Lipinski definition) is 2. The normalized spacial score (nSPS) is 22.4. The second-order valence-corrected chi connectivity index (χ2v) is 6.66. The van der Waals surface area contributed by atoms with Crippen molar-refractivity contribution < 1.29 is 22.6 Å². The second kappa shape index (κ2) is 6.18. The third-order valence-corrected chi connectivity index (χ3v) is 4.98. The maximum Gasteiger partial charge on any atom is 0.244 e. The minimum atomic E-state index is -3.75. The van der Waals surface area contributed by atoms with Crippen LogP contribution >= 0.6 is 0 Å². The summed E-state index contributed by atoms with van der Waals surface area (Å²) in [5, 5.41) is 0. The van der Waals surface area contributed by atoms with Crippen LogP contribution in [0.25, 0.3) is 0 Å². The number of rotatable bonds is 6. The Morgan fingerprint density at radius 1 is 1.43 bits per heavy atom. The number of ether oxygens (including phenoxy) is 3. The van der Waals surface area contributed by atoms with Gasteiger partial charge in [-0.1, -0.05) is 0 Å². The summed E-state index contributed by atoms with van der Waals surface area (Å²) in [4.78, 5) is 0.00942. The molecule has 0 aromatic heterocycles. The number of hydrogen-bond acceptors (Lipinski definition) is 6. The number of methoxy groups -OCH3 is 2. The van der Waals surface area contributed by atoms with Gasteiger partial charge in [-0.2, -0.15) is 0 Å². The van der Waals surface area contributed by atoms with E-state index in [4.69, 9.17) is 19.9 Å². The molecule has 7 nitrogen and oxygen atoms in total. The van der Waals surface area contributed by atoms with Crippen molar-refractivity contribution in [2.75, 3.05) is 39.7 Å². The van der Waals surface area contributed by atoms with E-state index in [-0.39, 0.29) is 17.2 Å². The zero-order valence-corrected chi connectivity index (χ0v) is 12.9. The van der Waals surface area contributed by atoms with Crippen LogP contribution in [0.1, 0.15) is 6.42 Å². The van der Waals surface area contributed by atoms with Crippen LogP contribution in [-0.2, 0) is 19.5 Å². The predicted octanol–water partition coefficient (Wildman–Crippen LogP) is 0.361. The molecule has 1 saturated heterocycles. The van der Waals surface area contributed by atoms with Crippen LogP contribution in [0.4, 0.5) is 5.69 Å². The Bertz CT molecular complexity index is 597. The molecule has 1 unspecified atom stereocenters. The number of anilines is 1. The number of benzene rings is 1. The van der Waals surface area contributed by atoms with Crippen LogP contribution in [0.5, 0.6) is 5.75 Å². The molecule has 1 atom stereocenters. The van der Waals surface area contributed by atoms with E-state index in [2.05, 4.69) is 4.72 Å². The van der Waals surface area contributed by atoms with Gasteiger partial charge in [-0.15, -0.1) is 0 Å². The van der Waals surface area contributed by atoms with Gasteiger partial charge in [0, 0.05) is 32.4 Å². The lowest BCUT2D eigenvalue weighted by Gasteiger charge is -2.26. The first kappa shape index (κ1) is 16.0. The summed E-state index contributed by atoms with van der Waals surface area (Å²) in [6.07, 6.45) is 0.639. The highest BCUT2D eigenvalue weighted by molar-refractivity contribution is 7.89. The number of sulfonamides is 1. The Morgan fingerprint density at radius 3 is 2.76 bits per heavy atom. The monoisotopic (exact) mass is 316 g/mol. The molecule has 21 heavy (non-hydrogen) atoms. The van der Waals surface area contributed by atoms with Crippen LogP contribution in [0.2, 0.25) is 0 Å². The second-order valence-electron chi connectivity index (χ2n) is 4.92. The molecule has 1 aromatic carbocycles. The molecule has 8 heteroatoms. The van der Waals surface area contributed by atoms with E-state index in [1.807, 2.05) is 0 Å². The quantitative estimate of drug-likeness (QED) is 0.735. The predicted molar refractivity (Wildman–Crippen MR) is 77.8 cm³/mol. The van der Waals surface area contributed by atoms with Gasteiger partial charge in [-0.3, -0.25) is 0 Å². The van der Waals surface area contributed by atoms with Gasteiger partial charge in [0.2, 0.25) is 10.0 Å². The molecule has 1 heterocycles. The van der Waals surface area contributed by atoms with Crippen molar-refractivity contribution in [3.05, 3.63) is 18.2 Å². The number of nitrogens with two attached hydrogens (primary N) is 1. The third-order valence-electron chi connectivity index (χ3n) is 3.56. The van der Waals surface area contributed by atoms with Gasteiger partial charge in [0.1, 0.15) is 16.2 Å². The maximum atomic E-state index is 12.4. The highest BCUT2D eigenvalue weighted by atomic mass is 32.2. The smallest absolute Gasteiger partial charge is 0.244 e. The molecule has 0 radical (unpaired) electrons. The van der Waals surface area contributed by atoms with Crippen molar-refractivity contribution in [2.45, 2.75) is 16.9 Å². The molecule has 0 aliphatic carbocycles. The van der Waals surface area contributed by atoms with E-state index < -0.39 is 15.6 Å². The summed E-state index contributed by atoms with van der Waals surface area (Å²) in [6, 6.07) is 4.47. The zero-order chi connectivity index (χ0) is 15.5. The van der Waals surface area contributed by atoms with Crippen LogP contribution in [0.15, 0.2) is 23.1 Å². The van der Waals surface area contributed by atoms with Crippen molar-refractivity contribution >= 4 is 15.7 Å². The van der Waals surface area contributed by atoms with E-state index in [0.29, 0.717) is 25.3 Å². The highest BCUT2D eigenvalue weighted by Gasteiger charge is 2.36. The summed E-state index contributed by atoms with van der Waals surface area (Å²) in [7, 11) is -0.797. The fraction of sp³-hybridized carbons (Fsp3) is 0.538. The molecule has 0 amide bonds. The van der Waals surface area contributed by atoms with E-state index >= 15 is 0 Å². The summed E-state index contributed by atoms with van der Waals surface area (Å²) in [5.74, 6) is 0.242. The molecule has 1 aromatic rings. The Hall–Kier alpha value is -1.35. The molecule has 3 N–H and O–H groups in total. The first-order chi connectivity index (χ1) is 9.92. The highest BCUT2D eigenvalue weighted by Crippen LogP contribution is 2.27. The van der Waals surface area contributed by atoms with Crippen LogP contribution in [0.3, 0.4) is 0 Å². The van der Waals surface area contributed by atoms with Crippen LogP contribution in [-0.4, -0.2) is 48.0 Å². The molecule has 0 spiro atoms. The fourth-order valence-electron chi connectivity index (χ4n) is 2.17. The Labute approximate surface area is 124 Å². The van der Waals surface area contributed by atoms with Gasteiger partial charge in [-0.05, 0) is 18.2 Å². The van der Waals surface area contributed by atoms with Gasteiger partial charge >= 0.3 is 0 Å². The Balaban J connectivity index is 2.20. The summed E-state index contributed by atoms with van der Waals surface area (Å²) in [5.41, 5.74) is 5.38. The lowest BCUT2D eigenvalue weighted by atomic mass is 10.0. The van der Waals surface area contributed by atoms with Gasteiger partial charge < -0.3 is 19.9 Å². The average Bonchev–Trinajstić information content (AvgIpc) is 2.95.